The monoisotopic (exact) mass is 313 g/mol. The lowest BCUT2D eigenvalue weighted by Gasteiger charge is -2.08. The summed E-state index contributed by atoms with van der Waals surface area (Å²) < 4.78 is 6.09. The highest BCUT2D eigenvalue weighted by Gasteiger charge is 2.07. The first-order valence-corrected chi connectivity index (χ1v) is 7.51. The van der Waals surface area contributed by atoms with Gasteiger partial charge < -0.3 is 15.4 Å². The molecule has 2 N–H and O–H groups in total. The summed E-state index contributed by atoms with van der Waals surface area (Å²) in [4.78, 5) is 13.7. The number of nitrogens with one attached hydrogen (secondary N) is 2. The Labute approximate surface area is 126 Å². The second kappa shape index (κ2) is 7.25. The predicted molar refractivity (Wildman–Crippen MR) is 81.8 cm³/mol. The fourth-order valence-electron chi connectivity index (χ4n) is 1.48. The zero-order valence-corrected chi connectivity index (χ0v) is 12.9. The molecule has 0 saturated heterocycles. The molecule has 108 valence electrons. The van der Waals surface area contributed by atoms with Crippen LogP contribution in [0.25, 0.3) is 0 Å². The van der Waals surface area contributed by atoms with Gasteiger partial charge in [-0.05, 0) is 26.0 Å². The molecule has 0 amide bonds. The minimum atomic E-state index is 0.310. The SMILES string of the molecule is CCNc1nc(NCc2ccc(Cl)s2)nc(OCC)n1. The lowest BCUT2D eigenvalue weighted by Crippen LogP contribution is -2.10. The molecular formula is C12H16ClN5OS. The predicted octanol–water partition coefficient (Wildman–Crippen LogP) is 3.03. The van der Waals surface area contributed by atoms with Crippen molar-refractivity contribution in [3.05, 3.63) is 21.3 Å². The number of anilines is 2. The topological polar surface area (TPSA) is 72.0 Å². The Kier molecular flexibility index (Phi) is 5.37. The number of rotatable bonds is 7. The maximum Gasteiger partial charge on any atom is 0.323 e. The van der Waals surface area contributed by atoms with Crippen LogP contribution in [0.5, 0.6) is 6.01 Å². The normalized spacial score (nSPS) is 10.3. The number of nitrogens with zero attached hydrogens (tertiary/aromatic N) is 3. The van der Waals surface area contributed by atoms with E-state index >= 15 is 0 Å². The van der Waals surface area contributed by atoms with Crippen molar-refractivity contribution in [2.24, 2.45) is 0 Å². The highest BCUT2D eigenvalue weighted by Crippen LogP contribution is 2.22. The van der Waals surface area contributed by atoms with Gasteiger partial charge in [-0.2, -0.15) is 15.0 Å². The molecule has 0 spiro atoms. The van der Waals surface area contributed by atoms with Crippen LogP contribution in [0.4, 0.5) is 11.9 Å². The molecule has 0 aliphatic heterocycles. The van der Waals surface area contributed by atoms with Crippen LogP contribution >= 0.6 is 22.9 Å². The van der Waals surface area contributed by atoms with Crippen molar-refractivity contribution in [3.8, 4) is 6.01 Å². The second-order valence-electron chi connectivity index (χ2n) is 3.79. The number of ether oxygens (including phenoxy) is 1. The Morgan fingerprint density at radius 3 is 2.50 bits per heavy atom. The molecule has 8 heteroatoms. The molecule has 6 nitrogen and oxygen atoms in total. The minimum Gasteiger partial charge on any atom is -0.464 e. The highest BCUT2D eigenvalue weighted by molar-refractivity contribution is 7.16. The van der Waals surface area contributed by atoms with Crippen LogP contribution in [0.15, 0.2) is 12.1 Å². The van der Waals surface area contributed by atoms with Gasteiger partial charge in [-0.15, -0.1) is 11.3 Å². The first kappa shape index (κ1) is 14.8. The molecule has 2 rings (SSSR count). The summed E-state index contributed by atoms with van der Waals surface area (Å²) in [5.74, 6) is 0.974. The largest absolute Gasteiger partial charge is 0.464 e. The van der Waals surface area contributed by atoms with Gasteiger partial charge in [0, 0.05) is 11.4 Å². The van der Waals surface area contributed by atoms with Gasteiger partial charge in [0.05, 0.1) is 17.5 Å². The molecule has 2 heterocycles. The molecule has 0 atom stereocenters. The van der Waals surface area contributed by atoms with Crippen molar-refractivity contribution in [1.82, 2.24) is 15.0 Å². The lowest BCUT2D eigenvalue weighted by atomic mass is 10.5. The molecule has 2 aromatic rings. The smallest absolute Gasteiger partial charge is 0.323 e. The van der Waals surface area contributed by atoms with Gasteiger partial charge in [-0.1, -0.05) is 11.6 Å². The number of hydrogen-bond acceptors (Lipinski definition) is 7. The summed E-state index contributed by atoms with van der Waals surface area (Å²) in [5.41, 5.74) is 0. The van der Waals surface area contributed by atoms with E-state index in [9.17, 15) is 0 Å². The van der Waals surface area contributed by atoms with Crippen LogP contribution < -0.4 is 15.4 Å². The van der Waals surface area contributed by atoms with E-state index in [1.54, 1.807) is 0 Å². The number of hydrogen-bond donors (Lipinski definition) is 2. The molecule has 2 aromatic heterocycles. The third-order valence-corrected chi connectivity index (χ3v) is 3.50. The zero-order valence-electron chi connectivity index (χ0n) is 11.3. The van der Waals surface area contributed by atoms with Gasteiger partial charge >= 0.3 is 6.01 Å². The fourth-order valence-corrected chi connectivity index (χ4v) is 2.51. The Balaban J connectivity index is 2.08. The van der Waals surface area contributed by atoms with E-state index in [0.717, 1.165) is 15.8 Å². The summed E-state index contributed by atoms with van der Waals surface area (Å²) in [5, 5.41) is 6.19. The quantitative estimate of drug-likeness (QED) is 0.818. The third-order valence-electron chi connectivity index (χ3n) is 2.27. The van der Waals surface area contributed by atoms with Gasteiger partial charge in [0.25, 0.3) is 0 Å². The third kappa shape index (κ3) is 4.21. The Bertz CT molecular complexity index is 538. The van der Waals surface area contributed by atoms with Gasteiger partial charge in [0.2, 0.25) is 11.9 Å². The van der Waals surface area contributed by atoms with Crippen molar-refractivity contribution in [2.75, 3.05) is 23.8 Å². The average molecular weight is 314 g/mol. The summed E-state index contributed by atoms with van der Waals surface area (Å²) in [6.07, 6.45) is 0. The molecule has 0 bridgehead atoms. The van der Waals surface area contributed by atoms with E-state index in [-0.39, 0.29) is 0 Å². The van der Waals surface area contributed by atoms with E-state index in [1.807, 2.05) is 26.0 Å². The molecule has 0 aromatic carbocycles. The van der Waals surface area contributed by atoms with Crippen molar-refractivity contribution < 1.29 is 4.74 Å². The maximum atomic E-state index is 5.89. The summed E-state index contributed by atoms with van der Waals surface area (Å²) >= 11 is 7.42. The van der Waals surface area contributed by atoms with E-state index in [0.29, 0.717) is 31.1 Å². The fraction of sp³-hybridized carbons (Fsp3) is 0.417. The standard InChI is InChI=1S/C12H16ClN5OS/c1-3-14-10-16-11(18-12(17-10)19-4-2)15-7-8-5-6-9(13)20-8/h5-6H,3-4,7H2,1-2H3,(H2,14,15,16,17,18). The molecule has 0 unspecified atom stereocenters. The molecule has 0 saturated carbocycles. The van der Waals surface area contributed by atoms with Gasteiger partial charge in [-0.25, -0.2) is 0 Å². The number of thiophene rings is 1. The average Bonchev–Trinajstić information content (AvgIpc) is 2.83. The molecule has 0 radical (unpaired) electrons. The highest BCUT2D eigenvalue weighted by atomic mass is 35.5. The molecule has 0 aliphatic carbocycles. The Hall–Kier alpha value is -1.60. The van der Waals surface area contributed by atoms with Crippen molar-refractivity contribution in [1.29, 1.82) is 0 Å². The van der Waals surface area contributed by atoms with Gasteiger partial charge in [0.15, 0.2) is 0 Å². The van der Waals surface area contributed by atoms with Crippen molar-refractivity contribution in [2.45, 2.75) is 20.4 Å². The van der Waals surface area contributed by atoms with E-state index in [4.69, 9.17) is 16.3 Å². The Morgan fingerprint density at radius 1 is 1.15 bits per heavy atom. The summed E-state index contributed by atoms with van der Waals surface area (Å²) in [7, 11) is 0. The second-order valence-corrected chi connectivity index (χ2v) is 5.59. The number of halogens is 1. The lowest BCUT2D eigenvalue weighted by molar-refractivity contribution is 0.312. The first-order valence-electron chi connectivity index (χ1n) is 6.32. The minimum absolute atomic E-state index is 0.310. The Morgan fingerprint density at radius 2 is 1.90 bits per heavy atom. The van der Waals surface area contributed by atoms with Gasteiger partial charge in [-0.3, -0.25) is 0 Å². The van der Waals surface area contributed by atoms with Crippen molar-refractivity contribution >= 4 is 34.8 Å². The maximum absolute atomic E-state index is 5.89. The summed E-state index contributed by atoms with van der Waals surface area (Å²) in [6.45, 7) is 5.71. The van der Waals surface area contributed by atoms with E-state index in [2.05, 4.69) is 25.6 Å². The van der Waals surface area contributed by atoms with Crippen LogP contribution in [-0.4, -0.2) is 28.1 Å². The van der Waals surface area contributed by atoms with Crippen molar-refractivity contribution in [3.63, 3.8) is 0 Å². The van der Waals surface area contributed by atoms with E-state index < -0.39 is 0 Å². The van der Waals surface area contributed by atoms with Crippen LogP contribution in [0.1, 0.15) is 18.7 Å². The van der Waals surface area contributed by atoms with Gasteiger partial charge in [0.1, 0.15) is 0 Å². The first-order chi connectivity index (χ1) is 9.71. The molecule has 0 fully saturated rings. The van der Waals surface area contributed by atoms with Crippen LogP contribution in [-0.2, 0) is 6.54 Å². The molecular weight excluding hydrogens is 298 g/mol. The molecule has 20 heavy (non-hydrogen) atoms. The van der Waals surface area contributed by atoms with Crippen LogP contribution in [0, 0.1) is 0 Å². The van der Waals surface area contributed by atoms with E-state index in [1.165, 1.54) is 11.3 Å². The zero-order chi connectivity index (χ0) is 14.4. The van der Waals surface area contributed by atoms with Crippen LogP contribution in [0.3, 0.4) is 0 Å². The molecule has 0 aliphatic rings. The number of aromatic nitrogens is 3. The summed E-state index contributed by atoms with van der Waals surface area (Å²) in [6, 6.07) is 4.15. The van der Waals surface area contributed by atoms with Crippen LogP contribution in [0.2, 0.25) is 4.34 Å².